The first kappa shape index (κ1) is 30.6. The van der Waals surface area contributed by atoms with Crippen LogP contribution in [0.1, 0.15) is 39.0 Å². The number of H-pyrrole nitrogens is 1. The van der Waals surface area contributed by atoms with E-state index in [1.54, 1.807) is 19.1 Å². The number of sulfonamides is 1. The summed E-state index contributed by atoms with van der Waals surface area (Å²) in [6.45, 7) is 2.54. The molecule has 0 radical (unpaired) electrons. The molecule has 1 spiro atoms. The third-order valence-electron chi connectivity index (χ3n) is 8.24. The molecule has 10 nitrogen and oxygen atoms in total. The second-order valence-electron chi connectivity index (χ2n) is 11.1. The van der Waals surface area contributed by atoms with E-state index in [0.717, 1.165) is 24.8 Å². The van der Waals surface area contributed by atoms with E-state index in [4.69, 9.17) is 9.47 Å². The molecule has 2 aliphatic heterocycles. The highest BCUT2D eigenvalue weighted by Crippen LogP contribution is 2.41. The first-order chi connectivity index (χ1) is 19.9. The third kappa shape index (κ3) is 6.40. The van der Waals surface area contributed by atoms with Gasteiger partial charge in [-0.2, -0.15) is 4.31 Å². The number of aromatic nitrogens is 1. The highest BCUT2D eigenvalue weighted by Gasteiger charge is 2.45. The van der Waals surface area contributed by atoms with Crippen LogP contribution in [-0.2, 0) is 24.6 Å². The molecule has 2 saturated heterocycles. The summed E-state index contributed by atoms with van der Waals surface area (Å²) in [5.74, 6) is 0.0452. The standard InChI is InChI=1S/C29H35FN2O8S2/c1-2-41(35,36)24-5-3-4-23(15-24)39-19-22(33)8-6-20-16-29(40-18-20)10-12-32(13-11-29)42(37,38)27-17-31-26-14-21(30)7-9-25(26)28(27)34/h3-5,7,9,14-15,17,20,22,33H,2,6,8,10-13,16,18-19H2,1H3,(H,31,34)/t20-,22+/m1/s1. The third-order valence-corrected chi connectivity index (χ3v) is 11.9. The number of pyridine rings is 1. The van der Waals surface area contributed by atoms with E-state index in [1.165, 1.54) is 22.5 Å². The molecule has 2 aliphatic rings. The highest BCUT2D eigenvalue weighted by molar-refractivity contribution is 7.91. The Labute approximate surface area is 244 Å². The van der Waals surface area contributed by atoms with Crippen molar-refractivity contribution in [3.8, 4) is 5.75 Å². The Bertz CT molecular complexity index is 1720. The van der Waals surface area contributed by atoms with Crippen LogP contribution >= 0.6 is 0 Å². The van der Waals surface area contributed by atoms with Gasteiger partial charge < -0.3 is 19.6 Å². The van der Waals surface area contributed by atoms with Crippen molar-refractivity contribution in [3.63, 3.8) is 0 Å². The minimum Gasteiger partial charge on any atom is -0.491 e. The molecule has 42 heavy (non-hydrogen) atoms. The summed E-state index contributed by atoms with van der Waals surface area (Å²) in [6.07, 6.45) is 3.29. The average Bonchev–Trinajstić information content (AvgIpc) is 3.37. The van der Waals surface area contributed by atoms with Crippen LogP contribution < -0.4 is 10.2 Å². The van der Waals surface area contributed by atoms with Crippen molar-refractivity contribution in [3.05, 3.63) is 64.7 Å². The summed E-state index contributed by atoms with van der Waals surface area (Å²) in [4.78, 5) is 15.5. The SMILES string of the molecule is CCS(=O)(=O)c1cccc(OC[C@@H](O)CC[C@H]2COC3(CCN(S(=O)(=O)c4c[nH]c5cc(F)ccc5c4=O)CC3)C2)c1. The number of halogens is 1. The van der Waals surface area contributed by atoms with Gasteiger partial charge in [0.05, 0.1) is 34.5 Å². The molecule has 0 unspecified atom stereocenters. The van der Waals surface area contributed by atoms with E-state index >= 15 is 0 Å². The number of aliphatic hydroxyl groups excluding tert-OH is 1. The van der Waals surface area contributed by atoms with E-state index in [0.29, 0.717) is 38.0 Å². The zero-order valence-electron chi connectivity index (χ0n) is 23.3. The second kappa shape index (κ2) is 12.0. The van der Waals surface area contributed by atoms with Gasteiger partial charge in [0.25, 0.3) is 0 Å². The summed E-state index contributed by atoms with van der Waals surface area (Å²) in [5, 5.41) is 10.6. The van der Waals surface area contributed by atoms with Gasteiger partial charge in [0.2, 0.25) is 15.5 Å². The van der Waals surface area contributed by atoms with Crippen LogP contribution in [0, 0.1) is 11.7 Å². The normalized spacial score (nSPS) is 20.2. The van der Waals surface area contributed by atoms with Gasteiger partial charge in [-0.05, 0) is 74.4 Å². The minimum absolute atomic E-state index is 0.00854. The van der Waals surface area contributed by atoms with Crippen molar-refractivity contribution >= 4 is 30.8 Å². The van der Waals surface area contributed by atoms with Crippen LogP contribution in [0.15, 0.2) is 63.2 Å². The predicted octanol–water partition coefficient (Wildman–Crippen LogP) is 3.24. The van der Waals surface area contributed by atoms with Crippen LogP contribution in [0.2, 0.25) is 0 Å². The quantitative estimate of drug-likeness (QED) is 0.351. The van der Waals surface area contributed by atoms with E-state index in [1.807, 2.05) is 0 Å². The smallest absolute Gasteiger partial charge is 0.248 e. The van der Waals surface area contributed by atoms with Crippen molar-refractivity contribution in [2.24, 2.45) is 5.92 Å². The summed E-state index contributed by atoms with van der Waals surface area (Å²) >= 11 is 0. The number of nitrogens with one attached hydrogen (secondary N) is 1. The molecular weight excluding hydrogens is 587 g/mol. The number of hydrogen-bond acceptors (Lipinski definition) is 8. The minimum atomic E-state index is -4.06. The molecule has 2 atom stereocenters. The topological polar surface area (TPSA) is 143 Å². The van der Waals surface area contributed by atoms with Crippen LogP contribution in [-0.4, -0.2) is 75.0 Å². The maximum atomic E-state index is 13.5. The van der Waals surface area contributed by atoms with E-state index < -0.39 is 42.8 Å². The fourth-order valence-corrected chi connectivity index (χ4v) is 8.15. The van der Waals surface area contributed by atoms with Crippen molar-refractivity contribution in [2.45, 2.75) is 60.5 Å². The van der Waals surface area contributed by atoms with E-state index in [9.17, 15) is 31.1 Å². The summed E-state index contributed by atoms with van der Waals surface area (Å²) < 4.78 is 77.5. The molecule has 5 rings (SSSR count). The fraction of sp³-hybridized carbons (Fsp3) is 0.483. The first-order valence-corrected chi connectivity index (χ1v) is 17.1. The van der Waals surface area contributed by atoms with Gasteiger partial charge in [-0.1, -0.05) is 13.0 Å². The maximum Gasteiger partial charge on any atom is 0.248 e. The van der Waals surface area contributed by atoms with Gasteiger partial charge in [0, 0.05) is 24.7 Å². The number of piperidine rings is 1. The monoisotopic (exact) mass is 622 g/mol. The zero-order chi connectivity index (χ0) is 30.1. The molecule has 0 bridgehead atoms. The fourth-order valence-electron chi connectivity index (χ4n) is 5.74. The van der Waals surface area contributed by atoms with Crippen molar-refractivity contribution in [2.75, 3.05) is 32.1 Å². The lowest BCUT2D eigenvalue weighted by molar-refractivity contribution is -0.0314. The molecule has 3 heterocycles. The Morgan fingerprint density at radius 3 is 2.67 bits per heavy atom. The largest absolute Gasteiger partial charge is 0.491 e. The molecule has 13 heteroatoms. The number of aromatic amines is 1. The predicted molar refractivity (Wildman–Crippen MR) is 154 cm³/mol. The van der Waals surface area contributed by atoms with Gasteiger partial charge in [0.15, 0.2) is 9.84 Å². The molecule has 1 aromatic heterocycles. The molecule has 3 aromatic rings. The summed E-state index contributed by atoms with van der Waals surface area (Å²) in [6, 6.07) is 9.80. The number of benzene rings is 2. The van der Waals surface area contributed by atoms with Crippen molar-refractivity contribution < 1.29 is 35.8 Å². The lowest BCUT2D eigenvalue weighted by Gasteiger charge is -2.38. The highest BCUT2D eigenvalue weighted by atomic mass is 32.2. The molecular formula is C29H35FN2O8S2. The number of rotatable bonds is 10. The summed E-state index contributed by atoms with van der Waals surface area (Å²) in [7, 11) is -7.41. The Morgan fingerprint density at radius 2 is 1.93 bits per heavy atom. The molecule has 228 valence electrons. The second-order valence-corrected chi connectivity index (χ2v) is 15.2. The average molecular weight is 623 g/mol. The van der Waals surface area contributed by atoms with E-state index in [2.05, 4.69) is 4.98 Å². The lowest BCUT2D eigenvalue weighted by Crippen LogP contribution is -2.47. The van der Waals surface area contributed by atoms with Crippen LogP contribution in [0.25, 0.3) is 10.9 Å². The van der Waals surface area contributed by atoms with E-state index in [-0.39, 0.29) is 52.1 Å². The van der Waals surface area contributed by atoms with Crippen molar-refractivity contribution in [1.82, 2.24) is 9.29 Å². The zero-order valence-corrected chi connectivity index (χ0v) is 24.9. The molecule has 2 N–H and O–H groups in total. The number of sulfone groups is 1. The van der Waals surface area contributed by atoms with Crippen LogP contribution in [0.3, 0.4) is 0 Å². The van der Waals surface area contributed by atoms with Gasteiger partial charge in [-0.25, -0.2) is 21.2 Å². The van der Waals surface area contributed by atoms with Gasteiger partial charge >= 0.3 is 0 Å². The number of ether oxygens (including phenoxy) is 2. The first-order valence-electron chi connectivity index (χ1n) is 14.0. The maximum absolute atomic E-state index is 13.5. The van der Waals surface area contributed by atoms with Crippen molar-refractivity contribution in [1.29, 1.82) is 0 Å². The Morgan fingerprint density at radius 1 is 1.17 bits per heavy atom. The number of hydrogen-bond donors (Lipinski definition) is 2. The molecule has 0 amide bonds. The number of nitrogens with zero attached hydrogens (tertiary/aromatic N) is 1. The van der Waals surface area contributed by atoms with Gasteiger partial charge in [-0.15, -0.1) is 0 Å². The lowest BCUT2D eigenvalue weighted by atomic mass is 9.84. The molecule has 0 aliphatic carbocycles. The Kier molecular flexibility index (Phi) is 8.77. The molecule has 2 aromatic carbocycles. The van der Waals surface area contributed by atoms with Crippen LogP contribution in [0.4, 0.5) is 4.39 Å². The Hall–Kier alpha value is -2.84. The van der Waals surface area contributed by atoms with Crippen LogP contribution in [0.5, 0.6) is 5.75 Å². The number of aliphatic hydroxyl groups is 1. The summed E-state index contributed by atoms with van der Waals surface area (Å²) in [5.41, 5.74) is -0.880. The van der Waals surface area contributed by atoms with Gasteiger partial charge in [-0.3, -0.25) is 4.79 Å². The Balaban J connectivity index is 1.12. The molecule has 2 fully saturated rings. The van der Waals surface area contributed by atoms with Gasteiger partial charge in [0.1, 0.15) is 23.1 Å². The molecule has 0 saturated carbocycles. The number of fused-ring (bicyclic) bond motifs is 1.